The van der Waals surface area contributed by atoms with Gasteiger partial charge in [0, 0.05) is 0 Å². The van der Waals surface area contributed by atoms with Crippen molar-refractivity contribution in [2.75, 3.05) is 0 Å². The van der Waals surface area contributed by atoms with E-state index in [4.69, 9.17) is 5.11 Å². The van der Waals surface area contributed by atoms with Crippen LogP contribution in [0, 0.1) is 0 Å². The molecule has 0 bridgehead atoms. The Balaban J connectivity index is 2.95. The van der Waals surface area contributed by atoms with Crippen LogP contribution < -0.4 is 0 Å². The number of rotatable bonds is 18. The molecular weight excluding hydrogens is 312 g/mol. The SMILES string of the molecule is CCCCCCCCCCCCCCCCC[CH2][Cr][C](=O)O. The van der Waals surface area contributed by atoms with E-state index in [-0.39, 0.29) is 15.2 Å². The molecule has 1 N–H and O–H groups in total. The van der Waals surface area contributed by atoms with Gasteiger partial charge in [-0.25, -0.2) is 0 Å². The van der Waals surface area contributed by atoms with Gasteiger partial charge in [-0.1, -0.05) is 39.0 Å². The molecule has 2 nitrogen and oxygen atoms in total. The molecule has 0 saturated carbocycles. The molecule has 0 unspecified atom stereocenters. The first-order valence-corrected chi connectivity index (χ1v) is 11.2. The van der Waals surface area contributed by atoms with E-state index in [1.807, 2.05) is 0 Å². The first-order valence-electron chi connectivity index (χ1n) is 9.63. The van der Waals surface area contributed by atoms with E-state index in [2.05, 4.69) is 6.92 Å². The second kappa shape index (κ2) is 19.1. The molecule has 0 aliphatic rings. The van der Waals surface area contributed by atoms with Crippen molar-refractivity contribution in [1.82, 2.24) is 0 Å². The van der Waals surface area contributed by atoms with Crippen molar-refractivity contribution in [2.45, 2.75) is 115 Å². The number of unbranched alkanes of at least 4 members (excludes halogenated alkanes) is 15. The standard InChI is InChI=1S/C18H37.CHO2.Cr/c1-3-5-7-9-11-13-15-17-18-16-14-12-10-8-6-4-2;2-1-3;/h1,3-18H2,2H3;(H,2,3);. The van der Waals surface area contributed by atoms with Crippen LogP contribution in [0.4, 0.5) is 4.79 Å². The average Bonchev–Trinajstić information content (AvgIpc) is 2.50. The van der Waals surface area contributed by atoms with E-state index in [1.54, 1.807) is 0 Å². The van der Waals surface area contributed by atoms with Gasteiger partial charge < -0.3 is 0 Å². The van der Waals surface area contributed by atoms with Crippen LogP contribution in [0.15, 0.2) is 0 Å². The molecule has 0 aliphatic heterocycles. The normalized spacial score (nSPS) is 11.0. The summed E-state index contributed by atoms with van der Waals surface area (Å²) in [6, 6.07) is 0. The van der Waals surface area contributed by atoms with Crippen LogP contribution >= 0.6 is 0 Å². The number of carbonyl (C=O) groups is 1. The van der Waals surface area contributed by atoms with Gasteiger partial charge in [-0.2, -0.15) is 0 Å². The third kappa shape index (κ3) is 20.0. The van der Waals surface area contributed by atoms with Crippen molar-refractivity contribution in [3.8, 4) is 0 Å². The van der Waals surface area contributed by atoms with Gasteiger partial charge >= 0.3 is 106 Å². The van der Waals surface area contributed by atoms with Crippen LogP contribution in [0.25, 0.3) is 0 Å². The third-order valence-corrected chi connectivity index (χ3v) is 5.38. The molecule has 22 heavy (non-hydrogen) atoms. The van der Waals surface area contributed by atoms with E-state index < -0.39 is 4.83 Å². The Morgan fingerprint density at radius 1 is 0.636 bits per heavy atom. The Kier molecular flexibility index (Phi) is 19.1. The quantitative estimate of drug-likeness (QED) is 0.261. The zero-order valence-electron chi connectivity index (χ0n) is 14.8. The topological polar surface area (TPSA) is 37.3 Å². The fraction of sp³-hybridized carbons (Fsp3) is 0.947. The summed E-state index contributed by atoms with van der Waals surface area (Å²) in [6.07, 6.45) is 22.0. The Morgan fingerprint density at radius 2 is 0.955 bits per heavy atom. The molecule has 0 heterocycles. The number of hydrogen-bond acceptors (Lipinski definition) is 1. The van der Waals surface area contributed by atoms with Crippen molar-refractivity contribution >= 4 is 4.83 Å². The molecule has 0 saturated heterocycles. The molecule has 0 amide bonds. The van der Waals surface area contributed by atoms with Crippen LogP contribution in [0.5, 0.6) is 0 Å². The summed E-state index contributed by atoms with van der Waals surface area (Å²) in [5, 5.41) is 9.48. The second-order valence-corrected chi connectivity index (χ2v) is 8.05. The van der Waals surface area contributed by atoms with Crippen LogP contribution in [0.2, 0.25) is 5.28 Å². The summed E-state index contributed by atoms with van der Waals surface area (Å²) in [4.78, 5) is 9.80. The fourth-order valence-electron chi connectivity index (χ4n) is 2.81. The van der Waals surface area contributed by atoms with E-state index in [1.165, 1.54) is 96.3 Å². The first kappa shape index (κ1) is 22.0. The monoisotopic (exact) mass is 350 g/mol. The van der Waals surface area contributed by atoms with Gasteiger partial charge in [0.05, 0.1) is 0 Å². The van der Waals surface area contributed by atoms with Crippen molar-refractivity contribution in [3.63, 3.8) is 0 Å². The molecule has 132 valence electrons. The number of hydrogen-bond donors (Lipinski definition) is 1. The second-order valence-electron chi connectivity index (χ2n) is 6.42. The molecule has 0 aromatic rings. The van der Waals surface area contributed by atoms with E-state index in [9.17, 15) is 4.79 Å². The maximum atomic E-state index is 10.4. The van der Waals surface area contributed by atoms with Crippen LogP contribution in [-0.2, 0) is 15.2 Å². The average molecular weight is 351 g/mol. The minimum absolute atomic E-state index is 0.171. The summed E-state index contributed by atoms with van der Waals surface area (Å²) in [6.45, 7) is 2.28. The Morgan fingerprint density at radius 3 is 1.27 bits per heavy atom. The van der Waals surface area contributed by atoms with Gasteiger partial charge in [0.1, 0.15) is 0 Å². The third-order valence-electron chi connectivity index (χ3n) is 4.22. The molecule has 0 atom stereocenters. The summed E-state index contributed by atoms with van der Waals surface area (Å²) in [5.41, 5.74) is 0. The van der Waals surface area contributed by atoms with Crippen LogP contribution in [0.1, 0.15) is 110 Å². The van der Waals surface area contributed by atoms with Crippen molar-refractivity contribution < 1.29 is 25.1 Å². The fourth-order valence-corrected chi connectivity index (χ4v) is 3.63. The predicted octanol–water partition coefficient (Wildman–Crippen LogP) is 7.43. The molecule has 0 aliphatic carbocycles. The van der Waals surface area contributed by atoms with E-state index in [0.29, 0.717) is 0 Å². The van der Waals surface area contributed by atoms with Crippen molar-refractivity contribution in [2.24, 2.45) is 0 Å². The summed E-state index contributed by atoms with van der Waals surface area (Å²) in [7, 11) is 0. The van der Waals surface area contributed by atoms with Gasteiger partial charge in [-0.15, -0.1) is 0 Å². The zero-order valence-corrected chi connectivity index (χ0v) is 16.1. The van der Waals surface area contributed by atoms with Crippen molar-refractivity contribution in [1.29, 1.82) is 0 Å². The Labute approximate surface area is 145 Å². The molecule has 0 rings (SSSR count). The van der Waals surface area contributed by atoms with E-state index >= 15 is 0 Å². The maximum absolute atomic E-state index is 10.4. The van der Waals surface area contributed by atoms with Crippen molar-refractivity contribution in [3.05, 3.63) is 0 Å². The first-order chi connectivity index (χ1) is 10.8. The van der Waals surface area contributed by atoms with Gasteiger partial charge in [-0.05, 0) is 0 Å². The van der Waals surface area contributed by atoms with Gasteiger partial charge in [0.25, 0.3) is 0 Å². The van der Waals surface area contributed by atoms with Gasteiger partial charge in [0.2, 0.25) is 0 Å². The molecule has 0 aromatic heterocycles. The summed E-state index contributed by atoms with van der Waals surface area (Å²) >= 11 is -0.171. The molecule has 0 spiro atoms. The Bertz CT molecular complexity index is 231. The van der Waals surface area contributed by atoms with Gasteiger partial charge in [0.15, 0.2) is 0 Å². The number of carboxylic acid groups (broad SMARTS) is 1. The molecule has 0 fully saturated rings. The minimum atomic E-state index is -0.589. The zero-order chi connectivity index (χ0) is 16.3. The molecule has 0 aromatic carbocycles. The molecule has 0 radical (unpaired) electrons. The van der Waals surface area contributed by atoms with Crippen LogP contribution in [-0.4, -0.2) is 9.94 Å². The van der Waals surface area contributed by atoms with Crippen LogP contribution in [0.3, 0.4) is 0 Å². The van der Waals surface area contributed by atoms with Gasteiger partial charge in [-0.3, -0.25) is 0 Å². The molecule has 3 heteroatoms. The summed E-state index contributed by atoms with van der Waals surface area (Å²) < 4.78 is 0. The predicted molar refractivity (Wildman–Crippen MR) is 92.4 cm³/mol. The molecular formula is C19H38CrO2. The Hall–Kier alpha value is 0.00247. The van der Waals surface area contributed by atoms with E-state index in [0.717, 1.165) is 11.7 Å². The summed E-state index contributed by atoms with van der Waals surface area (Å²) in [5.74, 6) is 0.